The largest absolute Gasteiger partial charge is 0.367 e. The third-order valence-electron chi connectivity index (χ3n) is 1.69. The summed E-state index contributed by atoms with van der Waals surface area (Å²) in [6, 6.07) is 1.35. The molecule has 60 valence electrons. The lowest BCUT2D eigenvalue weighted by atomic mass is 10.1. The molecule has 0 amide bonds. The second-order valence-corrected chi connectivity index (χ2v) is 2.48. The molecule has 0 radical (unpaired) electrons. The lowest BCUT2D eigenvalue weighted by Gasteiger charge is -2.05. The first-order valence-electron chi connectivity index (χ1n) is 3.68. The van der Waals surface area contributed by atoms with Crippen molar-refractivity contribution in [2.75, 3.05) is 0 Å². The van der Waals surface area contributed by atoms with Gasteiger partial charge in [0.1, 0.15) is 0 Å². The third-order valence-corrected chi connectivity index (χ3v) is 1.69. The Kier molecular flexibility index (Phi) is 2.44. The van der Waals surface area contributed by atoms with Crippen LogP contribution in [0.3, 0.4) is 0 Å². The minimum absolute atomic E-state index is 0.0121. The first-order chi connectivity index (χ1) is 5.25. The van der Waals surface area contributed by atoms with E-state index in [1.165, 1.54) is 6.07 Å². The van der Waals surface area contributed by atoms with Crippen molar-refractivity contribution in [3.63, 3.8) is 0 Å². The molecular formula is C8H12N2O. The second-order valence-electron chi connectivity index (χ2n) is 2.48. The molecule has 3 N–H and O–H groups in total. The van der Waals surface area contributed by atoms with Gasteiger partial charge in [-0.25, -0.2) is 0 Å². The van der Waals surface area contributed by atoms with E-state index >= 15 is 0 Å². The van der Waals surface area contributed by atoms with Crippen LogP contribution in [0.1, 0.15) is 24.9 Å². The third kappa shape index (κ3) is 1.68. The van der Waals surface area contributed by atoms with Crippen LogP contribution in [0.25, 0.3) is 0 Å². The summed E-state index contributed by atoms with van der Waals surface area (Å²) in [6.07, 6.45) is 4.05. The van der Waals surface area contributed by atoms with Crippen molar-refractivity contribution in [3.8, 4) is 0 Å². The summed E-state index contributed by atoms with van der Waals surface area (Å²) in [4.78, 5) is 14.0. The van der Waals surface area contributed by atoms with Crippen molar-refractivity contribution in [2.24, 2.45) is 5.73 Å². The van der Waals surface area contributed by atoms with Crippen LogP contribution in [0.4, 0.5) is 0 Å². The van der Waals surface area contributed by atoms with Gasteiger partial charge in [0.25, 0.3) is 0 Å². The molecule has 0 aliphatic rings. The van der Waals surface area contributed by atoms with Crippen LogP contribution in [-0.2, 0) is 0 Å². The van der Waals surface area contributed by atoms with Gasteiger partial charge in [-0.1, -0.05) is 6.92 Å². The summed E-state index contributed by atoms with van der Waals surface area (Å²) in [5.41, 5.74) is 6.35. The number of nitrogens with one attached hydrogen (secondary N) is 1. The summed E-state index contributed by atoms with van der Waals surface area (Å²) >= 11 is 0. The van der Waals surface area contributed by atoms with Gasteiger partial charge in [-0.15, -0.1) is 0 Å². The molecule has 11 heavy (non-hydrogen) atoms. The minimum Gasteiger partial charge on any atom is -0.367 e. The SMILES string of the molecule is CC[C@@H](N)c1c[nH]ccc1=O. The fourth-order valence-electron chi connectivity index (χ4n) is 0.939. The lowest BCUT2D eigenvalue weighted by molar-refractivity contribution is 0.690. The zero-order valence-corrected chi connectivity index (χ0v) is 6.50. The zero-order chi connectivity index (χ0) is 8.27. The monoisotopic (exact) mass is 152 g/mol. The Morgan fingerprint density at radius 1 is 1.73 bits per heavy atom. The van der Waals surface area contributed by atoms with Gasteiger partial charge < -0.3 is 10.7 Å². The highest BCUT2D eigenvalue weighted by Gasteiger charge is 2.05. The number of nitrogens with two attached hydrogens (primary N) is 1. The van der Waals surface area contributed by atoms with E-state index < -0.39 is 0 Å². The number of rotatable bonds is 2. The van der Waals surface area contributed by atoms with Gasteiger partial charge >= 0.3 is 0 Å². The standard InChI is InChI=1S/C8H12N2O/c1-2-7(9)6-5-10-4-3-8(6)11/h3-5,7H,2,9H2,1H3,(H,10,11)/t7-/m1/s1. The van der Waals surface area contributed by atoms with Gasteiger partial charge in [-0.2, -0.15) is 0 Å². The van der Waals surface area contributed by atoms with Crippen molar-refractivity contribution in [3.05, 3.63) is 34.2 Å². The fourth-order valence-corrected chi connectivity index (χ4v) is 0.939. The molecule has 0 aromatic carbocycles. The predicted molar refractivity (Wildman–Crippen MR) is 44.3 cm³/mol. The number of H-pyrrole nitrogens is 1. The normalized spacial score (nSPS) is 12.9. The Morgan fingerprint density at radius 3 is 3.00 bits per heavy atom. The molecular weight excluding hydrogens is 140 g/mol. The van der Waals surface area contributed by atoms with Crippen molar-refractivity contribution in [1.82, 2.24) is 4.98 Å². The van der Waals surface area contributed by atoms with E-state index in [-0.39, 0.29) is 11.5 Å². The van der Waals surface area contributed by atoms with Gasteiger partial charge in [0, 0.05) is 30.1 Å². The van der Waals surface area contributed by atoms with Crippen LogP contribution in [-0.4, -0.2) is 4.98 Å². The number of aromatic nitrogens is 1. The second kappa shape index (κ2) is 3.34. The lowest BCUT2D eigenvalue weighted by Crippen LogP contribution is -2.18. The molecule has 0 spiro atoms. The van der Waals surface area contributed by atoms with E-state index in [1.807, 2.05) is 6.92 Å². The van der Waals surface area contributed by atoms with E-state index in [9.17, 15) is 4.79 Å². The summed E-state index contributed by atoms with van der Waals surface area (Å²) in [6.45, 7) is 1.96. The van der Waals surface area contributed by atoms with Gasteiger partial charge in [0.2, 0.25) is 0 Å². The average molecular weight is 152 g/mol. The van der Waals surface area contributed by atoms with Crippen molar-refractivity contribution >= 4 is 0 Å². The Balaban J connectivity index is 3.03. The van der Waals surface area contributed by atoms with Gasteiger partial charge in [0.05, 0.1) is 0 Å². The molecule has 0 aliphatic heterocycles. The highest BCUT2D eigenvalue weighted by atomic mass is 16.1. The maximum absolute atomic E-state index is 11.1. The van der Waals surface area contributed by atoms with E-state index in [2.05, 4.69) is 4.98 Å². The van der Waals surface area contributed by atoms with Crippen molar-refractivity contribution in [1.29, 1.82) is 0 Å². The first kappa shape index (κ1) is 8.01. The highest BCUT2D eigenvalue weighted by Crippen LogP contribution is 2.05. The van der Waals surface area contributed by atoms with E-state index in [4.69, 9.17) is 5.73 Å². The molecule has 3 heteroatoms. The molecule has 1 heterocycles. The van der Waals surface area contributed by atoms with Crippen LogP contribution in [0.15, 0.2) is 23.3 Å². The van der Waals surface area contributed by atoms with E-state index in [1.54, 1.807) is 12.4 Å². The molecule has 0 bridgehead atoms. The number of hydrogen-bond acceptors (Lipinski definition) is 2. The predicted octanol–water partition coefficient (Wildman–Crippen LogP) is 0.785. The minimum atomic E-state index is -0.139. The topological polar surface area (TPSA) is 58.9 Å². The summed E-state index contributed by atoms with van der Waals surface area (Å²) < 4.78 is 0. The van der Waals surface area contributed by atoms with Crippen LogP contribution in [0.2, 0.25) is 0 Å². The van der Waals surface area contributed by atoms with Crippen LogP contribution in [0, 0.1) is 0 Å². The van der Waals surface area contributed by atoms with Crippen LogP contribution < -0.4 is 11.2 Å². The summed E-state index contributed by atoms with van der Waals surface area (Å²) in [5.74, 6) is 0. The molecule has 3 nitrogen and oxygen atoms in total. The molecule has 0 aliphatic carbocycles. The van der Waals surface area contributed by atoms with Crippen LogP contribution in [0.5, 0.6) is 0 Å². The number of pyridine rings is 1. The molecule has 1 rings (SSSR count). The van der Waals surface area contributed by atoms with Crippen LogP contribution >= 0.6 is 0 Å². The fraction of sp³-hybridized carbons (Fsp3) is 0.375. The Hall–Kier alpha value is -1.09. The Morgan fingerprint density at radius 2 is 2.45 bits per heavy atom. The summed E-state index contributed by atoms with van der Waals surface area (Å²) in [7, 11) is 0. The quantitative estimate of drug-likeness (QED) is 0.658. The maximum atomic E-state index is 11.1. The molecule has 0 fully saturated rings. The van der Waals surface area contributed by atoms with E-state index in [0.29, 0.717) is 5.56 Å². The van der Waals surface area contributed by atoms with Gasteiger partial charge in [0.15, 0.2) is 5.43 Å². The molecule has 1 atom stereocenters. The highest BCUT2D eigenvalue weighted by molar-refractivity contribution is 5.13. The van der Waals surface area contributed by atoms with Crippen molar-refractivity contribution < 1.29 is 0 Å². The number of aromatic amines is 1. The van der Waals surface area contributed by atoms with Gasteiger partial charge in [-0.05, 0) is 6.42 Å². The van der Waals surface area contributed by atoms with E-state index in [0.717, 1.165) is 6.42 Å². The Bertz CT molecular complexity index is 279. The Labute approximate surface area is 65.2 Å². The zero-order valence-electron chi connectivity index (χ0n) is 6.50. The average Bonchev–Trinajstić information content (AvgIpc) is 2.04. The molecule has 0 saturated heterocycles. The molecule has 1 aromatic heterocycles. The summed E-state index contributed by atoms with van der Waals surface area (Å²) in [5, 5.41) is 0. The molecule has 1 aromatic rings. The molecule has 0 saturated carbocycles. The smallest absolute Gasteiger partial charge is 0.186 e. The first-order valence-corrected chi connectivity index (χ1v) is 3.68. The molecule has 0 unspecified atom stereocenters. The number of hydrogen-bond donors (Lipinski definition) is 2. The van der Waals surface area contributed by atoms with Crippen molar-refractivity contribution in [2.45, 2.75) is 19.4 Å². The maximum Gasteiger partial charge on any atom is 0.186 e. The van der Waals surface area contributed by atoms with Gasteiger partial charge in [-0.3, -0.25) is 4.79 Å².